The van der Waals surface area contributed by atoms with Crippen LogP contribution in [0.3, 0.4) is 0 Å². The Kier molecular flexibility index (Phi) is 12.2. The van der Waals surface area contributed by atoms with E-state index in [1.54, 1.807) is 0 Å². The Morgan fingerprint density at radius 1 is 0.933 bits per heavy atom. The Labute approximate surface area is 96.4 Å². The van der Waals surface area contributed by atoms with Crippen LogP contribution in [0.5, 0.6) is 0 Å². The van der Waals surface area contributed by atoms with Gasteiger partial charge in [-0.2, -0.15) is 0 Å². The summed E-state index contributed by atoms with van der Waals surface area (Å²) in [4.78, 5) is 0. The molecule has 0 amide bonds. The van der Waals surface area contributed by atoms with Crippen LogP contribution in [0.1, 0.15) is 40.0 Å². The molecule has 0 atom stereocenters. The van der Waals surface area contributed by atoms with E-state index >= 15 is 0 Å². The van der Waals surface area contributed by atoms with Crippen molar-refractivity contribution in [1.82, 2.24) is 5.32 Å². The maximum absolute atomic E-state index is 5.61. The smallest absolute Gasteiger partial charge is 0.321 e. The molecule has 0 aliphatic rings. The van der Waals surface area contributed by atoms with E-state index in [0.717, 1.165) is 32.3 Å². The number of unbranched alkanes of at least 4 members (excludes halogenated alkanes) is 1. The Bertz CT molecular complexity index is 119. The molecule has 0 aliphatic carbocycles. The zero-order valence-electron chi connectivity index (χ0n) is 10.6. The van der Waals surface area contributed by atoms with Crippen molar-refractivity contribution in [2.24, 2.45) is 0 Å². The largest absolute Gasteiger partial charge is 0.397 e. The van der Waals surface area contributed by atoms with Gasteiger partial charge >= 0.3 is 9.28 Å². The van der Waals surface area contributed by atoms with Crippen molar-refractivity contribution >= 4 is 9.28 Å². The summed E-state index contributed by atoms with van der Waals surface area (Å²) in [5, 5.41) is 3.41. The quantitative estimate of drug-likeness (QED) is 0.438. The van der Waals surface area contributed by atoms with Gasteiger partial charge in [-0.3, -0.25) is 0 Å². The minimum atomic E-state index is -1.32. The fourth-order valence-corrected chi connectivity index (χ4v) is 3.24. The SMILES string of the molecule is CCCNCCCC[SiH](OCC)OCC. The minimum Gasteiger partial charge on any atom is -0.397 e. The molecule has 0 saturated carbocycles. The third-order valence-electron chi connectivity index (χ3n) is 2.18. The summed E-state index contributed by atoms with van der Waals surface area (Å²) < 4.78 is 11.2. The predicted molar refractivity (Wildman–Crippen MR) is 67.6 cm³/mol. The first-order valence-corrected chi connectivity index (χ1v) is 8.04. The van der Waals surface area contributed by atoms with E-state index in [2.05, 4.69) is 12.2 Å². The Balaban J connectivity index is 3.28. The molecule has 3 nitrogen and oxygen atoms in total. The van der Waals surface area contributed by atoms with Crippen molar-refractivity contribution in [2.45, 2.75) is 46.1 Å². The first-order chi connectivity index (χ1) is 7.35. The maximum Gasteiger partial charge on any atom is 0.321 e. The molecule has 0 unspecified atom stereocenters. The molecule has 0 spiro atoms. The number of hydrogen-bond donors (Lipinski definition) is 1. The molecule has 0 rings (SSSR count). The average Bonchev–Trinajstić information content (AvgIpc) is 2.24. The standard InChI is InChI=1S/C11H27NO2Si/c1-4-9-12-10-7-8-11-15(13-5-2)14-6-3/h12,15H,4-11H2,1-3H3. The van der Waals surface area contributed by atoms with Gasteiger partial charge in [0.15, 0.2) is 0 Å². The minimum absolute atomic E-state index is 0.797. The van der Waals surface area contributed by atoms with Crippen LogP contribution in [0.25, 0.3) is 0 Å². The molecular formula is C11H27NO2Si. The van der Waals surface area contributed by atoms with Crippen LogP contribution in [0, 0.1) is 0 Å². The molecule has 0 bridgehead atoms. The van der Waals surface area contributed by atoms with Gasteiger partial charge in [0.1, 0.15) is 0 Å². The summed E-state index contributed by atoms with van der Waals surface area (Å²) in [6.45, 7) is 10.1. The Hall–Kier alpha value is 0.0969. The summed E-state index contributed by atoms with van der Waals surface area (Å²) in [7, 11) is -1.32. The molecule has 1 N–H and O–H groups in total. The van der Waals surface area contributed by atoms with Gasteiger partial charge in [0.2, 0.25) is 0 Å². The van der Waals surface area contributed by atoms with Gasteiger partial charge in [-0.05, 0) is 45.8 Å². The van der Waals surface area contributed by atoms with E-state index in [4.69, 9.17) is 8.85 Å². The van der Waals surface area contributed by atoms with Gasteiger partial charge in [0.05, 0.1) is 0 Å². The van der Waals surface area contributed by atoms with Crippen molar-refractivity contribution in [3.63, 3.8) is 0 Å². The molecule has 0 aromatic carbocycles. The lowest BCUT2D eigenvalue weighted by Crippen LogP contribution is -2.23. The molecule has 0 heterocycles. The van der Waals surface area contributed by atoms with E-state index in [1.807, 2.05) is 13.8 Å². The monoisotopic (exact) mass is 233 g/mol. The third kappa shape index (κ3) is 10.4. The fraction of sp³-hybridized carbons (Fsp3) is 1.00. The predicted octanol–water partition coefficient (Wildman–Crippen LogP) is 2.06. The average molecular weight is 233 g/mol. The van der Waals surface area contributed by atoms with E-state index in [0.29, 0.717) is 0 Å². The van der Waals surface area contributed by atoms with Gasteiger partial charge in [-0.25, -0.2) is 0 Å². The van der Waals surface area contributed by atoms with Gasteiger partial charge < -0.3 is 14.2 Å². The second-order valence-corrected chi connectivity index (χ2v) is 5.69. The van der Waals surface area contributed by atoms with Crippen LogP contribution < -0.4 is 5.32 Å². The lowest BCUT2D eigenvalue weighted by atomic mass is 10.3. The molecule has 0 fully saturated rings. The van der Waals surface area contributed by atoms with Crippen molar-refractivity contribution in [3.05, 3.63) is 0 Å². The van der Waals surface area contributed by atoms with Crippen molar-refractivity contribution < 1.29 is 8.85 Å². The molecule has 0 aromatic rings. The summed E-state index contributed by atoms with van der Waals surface area (Å²) in [5.41, 5.74) is 0. The van der Waals surface area contributed by atoms with E-state index in [1.165, 1.54) is 19.3 Å². The van der Waals surface area contributed by atoms with Gasteiger partial charge in [-0.15, -0.1) is 0 Å². The zero-order chi connectivity index (χ0) is 11.4. The molecule has 0 aliphatic heterocycles. The summed E-state index contributed by atoms with van der Waals surface area (Å²) in [5.74, 6) is 0. The molecule has 15 heavy (non-hydrogen) atoms. The lowest BCUT2D eigenvalue weighted by molar-refractivity contribution is 0.212. The first-order valence-electron chi connectivity index (χ1n) is 6.29. The summed E-state index contributed by atoms with van der Waals surface area (Å²) >= 11 is 0. The Morgan fingerprint density at radius 2 is 1.60 bits per heavy atom. The normalized spacial score (nSPS) is 11.2. The number of nitrogens with one attached hydrogen (secondary N) is 1. The maximum atomic E-state index is 5.61. The topological polar surface area (TPSA) is 30.5 Å². The van der Waals surface area contributed by atoms with Gasteiger partial charge in [0.25, 0.3) is 0 Å². The first kappa shape index (κ1) is 15.1. The highest BCUT2D eigenvalue weighted by atomic mass is 28.3. The fourth-order valence-electron chi connectivity index (χ4n) is 1.45. The molecule has 92 valence electrons. The highest BCUT2D eigenvalue weighted by Gasteiger charge is 2.10. The highest BCUT2D eigenvalue weighted by Crippen LogP contribution is 2.04. The number of hydrogen-bond acceptors (Lipinski definition) is 3. The third-order valence-corrected chi connectivity index (χ3v) is 4.47. The van der Waals surface area contributed by atoms with Crippen molar-refractivity contribution in [2.75, 3.05) is 26.3 Å². The second-order valence-electron chi connectivity index (χ2n) is 3.59. The lowest BCUT2D eigenvalue weighted by Gasteiger charge is -2.14. The second kappa shape index (κ2) is 12.2. The molecule has 4 heteroatoms. The van der Waals surface area contributed by atoms with Crippen LogP contribution in [0.2, 0.25) is 6.04 Å². The molecule has 0 saturated heterocycles. The van der Waals surface area contributed by atoms with Crippen LogP contribution in [0.4, 0.5) is 0 Å². The molecular weight excluding hydrogens is 206 g/mol. The molecule has 0 radical (unpaired) electrons. The van der Waals surface area contributed by atoms with Crippen molar-refractivity contribution in [3.8, 4) is 0 Å². The van der Waals surface area contributed by atoms with E-state index in [-0.39, 0.29) is 0 Å². The van der Waals surface area contributed by atoms with Crippen LogP contribution in [0.15, 0.2) is 0 Å². The summed E-state index contributed by atoms with van der Waals surface area (Å²) in [6.07, 6.45) is 3.69. The summed E-state index contributed by atoms with van der Waals surface area (Å²) in [6, 6.07) is 1.15. The van der Waals surface area contributed by atoms with Crippen molar-refractivity contribution in [1.29, 1.82) is 0 Å². The highest BCUT2D eigenvalue weighted by molar-refractivity contribution is 6.44. The molecule has 0 aromatic heterocycles. The van der Waals surface area contributed by atoms with Gasteiger partial charge in [0, 0.05) is 13.2 Å². The zero-order valence-corrected chi connectivity index (χ0v) is 11.7. The van der Waals surface area contributed by atoms with E-state index in [9.17, 15) is 0 Å². The van der Waals surface area contributed by atoms with Crippen LogP contribution in [-0.2, 0) is 8.85 Å². The van der Waals surface area contributed by atoms with Gasteiger partial charge in [-0.1, -0.05) is 13.3 Å². The Morgan fingerprint density at radius 3 is 2.13 bits per heavy atom. The van der Waals surface area contributed by atoms with Crippen LogP contribution >= 0.6 is 0 Å². The van der Waals surface area contributed by atoms with E-state index < -0.39 is 9.28 Å². The number of rotatable bonds is 11. The van der Waals surface area contributed by atoms with Crippen LogP contribution in [-0.4, -0.2) is 35.6 Å².